The summed E-state index contributed by atoms with van der Waals surface area (Å²) in [6, 6.07) is 0.762. The molecule has 0 amide bonds. The Kier molecular flexibility index (Phi) is 3.92. The molecule has 0 aliphatic heterocycles. The van der Waals surface area contributed by atoms with Crippen molar-refractivity contribution in [2.75, 3.05) is 7.11 Å². The van der Waals surface area contributed by atoms with Crippen LogP contribution in [0.3, 0.4) is 0 Å². The monoisotopic (exact) mass is 280 g/mol. The van der Waals surface area contributed by atoms with Crippen LogP contribution in [0.15, 0.2) is 0 Å². The molecule has 0 radical (unpaired) electrons. The number of aryl methyl sites for hydroxylation is 1. The Morgan fingerprint density at radius 3 is 2.68 bits per heavy atom. The van der Waals surface area contributed by atoms with Gasteiger partial charge in [-0.15, -0.1) is 11.3 Å². The fraction of sp³-hybridized carbons (Fsp3) is 0.800. The molecule has 1 aromatic heterocycles. The highest BCUT2D eigenvalue weighted by molar-refractivity contribution is 7.11. The Hall–Kier alpha value is -0.450. The third-order valence-electron chi connectivity index (χ3n) is 4.43. The van der Waals surface area contributed by atoms with Gasteiger partial charge in [-0.05, 0) is 32.1 Å². The fourth-order valence-electron chi connectivity index (χ4n) is 2.97. The molecule has 2 fully saturated rings. The molecule has 106 valence electrons. The summed E-state index contributed by atoms with van der Waals surface area (Å²) < 4.78 is 5.86. The van der Waals surface area contributed by atoms with E-state index < -0.39 is 0 Å². The van der Waals surface area contributed by atoms with Crippen molar-refractivity contribution in [3.05, 3.63) is 15.6 Å². The average molecular weight is 280 g/mol. The Labute approximate surface area is 119 Å². The average Bonchev–Trinajstić information content (AvgIpc) is 2.99. The van der Waals surface area contributed by atoms with E-state index in [0.29, 0.717) is 0 Å². The highest BCUT2D eigenvalue weighted by atomic mass is 32.1. The summed E-state index contributed by atoms with van der Waals surface area (Å²) in [5.74, 6) is 0. The van der Waals surface area contributed by atoms with Crippen molar-refractivity contribution in [1.29, 1.82) is 0 Å². The number of rotatable bonds is 6. The van der Waals surface area contributed by atoms with Gasteiger partial charge in [-0.3, -0.25) is 0 Å². The van der Waals surface area contributed by atoms with E-state index in [4.69, 9.17) is 9.72 Å². The first-order valence-electron chi connectivity index (χ1n) is 7.55. The number of ether oxygens (including phenoxy) is 1. The summed E-state index contributed by atoms with van der Waals surface area (Å²) in [7, 11) is 1.85. The number of hydrogen-bond acceptors (Lipinski definition) is 4. The van der Waals surface area contributed by atoms with E-state index in [9.17, 15) is 0 Å². The maximum absolute atomic E-state index is 5.86. The van der Waals surface area contributed by atoms with Crippen LogP contribution in [-0.4, -0.2) is 18.1 Å². The molecule has 1 aromatic rings. The quantitative estimate of drug-likeness (QED) is 0.867. The molecule has 0 atom stereocenters. The summed E-state index contributed by atoms with van der Waals surface area (Å²) in [4.78, 5) is 6.33. The minimum Gasteiger partial charge on any atom is -0.371 e. The van der Waals surface area contributed by atoms with Crippen LogP contribution >= 0.6 is 11.3 Å². The third-order valence-corrected chi connectivity index (χ3v) is 5.72. The van der Waals surface area contributed by atoms with Gasteiger partial charge >= 0.3 is 0 Å². The number of aromatic nitrogens is 1. The van der Waals surface area contributed by atoms with Crippen LogP contribution in [0.4, 0.5) is 0 Å². The topological polar surface area (TPSA) is 34.1 Å². The van der Waals surface area contributed by atoms with Gasteiger partial charge in [-0.2, -0.15) is 0 Å². The smallest absolute Gasteiger partial charge is 0.125 e. The molecular formula is C15H24N2OS. The molecule has 2 aliphatic carbocycles. The molecule has 2 aliphatic rings. The molecule has 1 heterocycles. The van der Waals surface area contributed by atoms with E-state index in [2.05, 4.69) is 12.2 Å². The number of hydrogen-bond donors (Lipinski definition) is 1. The zero-order valence-corrected chi connectivity index (χ0v) is 12.8. The molecule has 3 nitrogen and oxygen atoms in total. The molecule has 4 heteroatoms. The summed E-state index contributed by atoms with van der Waals surface area (Å²) in [6.45, 7) is 3.19. The van der Waals surface area contributed by atoms with Crippen LogP contribution in [0.5, 0.6) is 0 Å². The summed E-state index contributed by atoms with van der Waals surface area (Å²) in [5.41, 5.74) is 1.20. The normalized spacial score (nSPS) is 22.0. The molecule has 3 rings (SSSR count). The summed E-state index contributed by atoms with van der Waals surface area (Å²) in [5, 5.41) is 4.83. The lowest BCUT2D eigenvalue weighted by Gasteiger charge is -2.24. The Balaban J connectivity index is 1.80. The van der Waals surface area contributed by atoms with Crippen molar-refractivity contribution in [3.8, 4) is 0 Å². The van der Waals surface area contributed by atoms with Gasteiger partial charge in [0, 0.05) is 24.6 Å². The lowest BCUT2D eigenvalue weighted by molar-refractivity contribution is -0.00895. The van der Waals surface area contributed by atoms with Crippen molar-refractivity contribution in [2.24, 2.45) is 0 Å². The van der Waals surface area contributed by atoms with Crippen molar-refractivity contribution in [3.63, 3.8) is 0 Å². The second-order valence-electron chi connectivity index (χ2n) is 5.80. The lowest BCUT2D eigenvalue weighted by Crippen LogP contribution is -2.24. The molecule has 0 bridgehead atoms. The van der Waals surface area contributed by atoms with E-state index in [-0.39, 0.29) is 5.60 Å². The van der Waals surface area contributed by atoms with Gasteiger partial charge in [0.25, 0.3) is 0 Å². The van der Waals surface area contributed by atoms with Gasteiger partial charge in [0.15, 0.2) is 0 Å². The molecule has 0 saturated heterocycles. The highest BCUT2D eigenvalue weighted by Gasteiger charge is 2.39. The van der Waals surface area contributed by atoms with E-state index in [1.807, 2.05) is 18.4 Å². The van der Waals surface area contributed by atoms with Gasteiger partial charge < -0.3 is 10.1 Å². The zero-order chi connectivity index (χ0) is 13.3. The van der Waals surface area contributed by atoms with Gasteiger partial charge in [-0.25, -0.2) is 4.98 Å². The van der Waals surface area contributed by atoms with E-state index >= 15 is 0 Å². The van der Waals surface area contributed by atoms with Crippen LogP contribution in [0.25, 0.3) is 0 Å². The standard InChI is InChI=1S/C15H24N2OS/c1-3-12-13(10-16-11-6-7-11)19-14(17-12)15(18-2)8-4-5-9-15/h11,16H,3-10H2,1-2H3. The van der Waals surface area contributed by atoms with Crippen molar-refractivity contribution >= 4 is 11.3 Å². The number of methoxy groups -OCH3 is 1. The van der Waals surface area contributed by atoms with Crippen LogP contribution < -0.4 is 5.32 Å². The lowest BCUT2D eigenvalue weighted by atomic mass is 10.0. The number of thiazole rings is 1. The predicted octanol–water partition coefficient (Wildman–Crippen LogP) is 3.37. The molecule has 0 spiro atoms. The molecule has 2 saturated carbocycles. The summed E-state index contributed by atoms with van der Waals surface area (Å²) in [6.07, 6.45) is 8.52. The number of nitrogens with zero attached hydrogens (tertiary/aromatic N) is 1. The predicted molar refractivity (Wildman–Crippen MR) is 78.5 cm³/mol. The molecule has 1 N–H and O–H groups in total. The minimum absolute atomic E-state index is 0.0770. The van der Waals surface area contributed by atoms with Crippen molar-refractivity contribution in [2.45, 2.75) is 70.1 Å². The Morgan fingerprint density at radius 1 is 1.37 bits per heavy atom. The first kappa shape index (κ1) is 13.5. The van der Waals surface area contributed by atoms with Crippen LogP contribution in [0, 0.1) is 0 Å². The highest BCUT2D eigenvalue weighted by Crippen LogP contribution is 2.44. The first-order valence-corrected chi connectivity index (χ1v) is 8.36. The maximum atomic E-state index is 5.86. The Morgan fingerprint density at radius 2 is 2.11 bits per heavy atom. The Bertz CT molecular complexity index is 433. The maximum Gasteiger partial charge on any atom is 0.125 e. The first-order chi connectivity index (χ1) is 9.27. The fourth-order valence-corrected chi connectivity index (χ4v) is 4.29. The van der Waals surface area contributed by atoms with Crippen molar-refractivity contribution in [1.82, 2.24) is 10.3 Å². The molecule has 0 unspecified atom stereocenters. The van der Waals surface area contributed by atoms with Crippen molar-refractivity contribution < 1.29 is 4.74 Å². The van der Waals surface area contributed by atoms with E-state index in [1.165, 1.54) is 41.3 Å². The SMILES string of the molecule is CCc1nc(C2(OC)CCCC2)sc1CNC1CC1. The number of nitrogens with one attached hydrogen (secondary N) is 1. The van der Waals surface area contributed by atoms with Gasteiger partial charge in [-0.1, -0.05) is 19.8 Å². The third kappa shape index (κ3) is 2.71. The van der Waals surface area contributed by atoms with Crippen LogP contribution in [0.1, 0.15) is 61.0 Å². The van der Waals surface area contributed by atoms with Gasteiger partial charge in [0.2, 0.25) is 0 Å². The molecule has 19 heavy (non-hydrogen) atoms. The summed E-state index contributed by atoms with van der Waals surface area (Å²) >= 11 is 1.88. The molecular weight excluding hydrogens is 256 g/mol. The van der Waals surface area contributed by atoms with Crippen LogP contribution in [0.2, 0.25) is 0 Å². The van der Waals surface area contributed by atoms with Gasteiger partial charge in [0.1, 0.15) is 10.6 Å². The van der Waals surface area contributed by atoms with Crippen LogP contribution in [-0.2, 0) is 23.3 Å². The minimum atomic E-state index is -0.0770. The second-order valence-corrected chi connectivity index (χ2v) is 6.89. The molecule has 0 aromatic carbocycles. The second kappa shape index (κ2) is 5.51. The zero-order valence-electron chi connectivity index (χ0n) is 12.0. The van der Waals surface area contributed by atoms with Gasteiger partial charge in [0.05, 0.1) is 5.69 Å². The van der Waals surface area contributed by atoms with E-state index in [1.54, 1.807) is 0 Å². The van der Waals surface area contributed by atoms with E-state index in [0.717, 1.165) is 31.8 Å². The largest absolute Gasteiger partial charge is 0.371 e.